The van der Waals surface area contributed by atoms with Gasteiger partial charge in [0.1, 0.15) is 5.75 Å². The molecule has 5 heteroatoms. The van der Waals surface area contributed by atoms with Crippen molar-refractivity contribution < 1.29 is 4.74 Å². The first-order chi connectivity index (χ1) is 11.2. The van der Waals surface area contributed by atoms with Crippen molar-refractivity contribution in [2.24, 2.45) is 0 Å². The number of nitrogens with zero attached hydrogens (tertiary/aromatic N) is 3. The highest BCUT2D eigenvalue weighted by atomic mass is 16.5. The molecular formula is C18H18N4O. The lowest BCUT2D eigenvalue weighted by Crippen LogP contribution is -2.05. The molecule has 23 heavy (non-hydrogen) atoms. The molecule has 0 amide bonds. The van der Waals surface area contributed by atoms with Crippen molar-refractivity contribution in [3.8, 4) is 11.6 Å². The zero-order valence-electron chi connectivity index (χ0n) is 13.2. The third kappa shape index (κ3) is 3.63. The molecule has 0 spiro atoms. The molecular weight excluding hydrogens is 288 g/mol. The molecule has 0 saturated heterocycles. The minimum Gasteiger partial charge on any atom is -0.438 e. The minimum absolute atomic E-state index is 0.540. The third-order valence-electron chi connectivity index (χ3n) is 3.46. The molecule has 0 aliphatic rings. The van der Waals surface area contributed by atoms with Crippen molar-refractivity contribution >= 4 is 5.95 Å². The zero-order valence-corrected chi connectivity index (χ0v) is 13.2. The van der Waals surface area contributed by atoms with Crippen LogP contribution in [0.2, 0.25) is 0 Å². The molecule has 0 unspecified atom stereocenters. The van der Waals surface area contributed by atoms with Gasteiger partial charge in [0.15, 0.2) is 0 Å². The second kappa shape index (κ2) is 6.87. The number of aryl methyl sites for hydroxylation is 2. The van der Waals surface area contributed by atoms with Gasteiger partial charge >= 0.3 is 0 Å². The van der Waals surface area contributed by atoms with Gasteiger partial charge in [0.05, 0.1) is 0 Å². The van der Waals surface area contributed by atoms with E-state index in [4.69, 9.17) is 4.74 Å². The quantitative estimate of drug-likeness (QED) is 0.775. The fraction of sp³-hybridized carbons (Fsp3) is 0.167. The van der Waals surface area contributed by atoms with Crippen LogP contribution < -0.4 is 10.1 Å². The van der Waals surface area contributed by atoms with Crippen molar-refractivity contribution in [1.29, 1.82) is 0 Å². The third-order valence-corrected chi connectivity index (χ3v) is 3.46. The van der Waals surface area contributed by atoms with E-state index < -0.39 is 0 Å². The van der Waals surface area contributed by atoms with E-state index in [9.17, 15) is 0 Å². The number of aromatic nitrogens is 3. The fourth-order valence-corrected chi connectivity index (χ4v) is 2.27. The average molecular weight is 306 g/mol. The van der Waals surface area contributed by atoms with Crippen molar-refractivity contribution in [1.82, 2.24) is 15.0 Å². The summed E-state index contributed by atoms with van der Waals surface area (Å²) in [6.07, 6.45) is 5.13. The van der Waals surface area contributed by atoms with Crippen LogP contribution >= 0.6 is 0 Å². The summed E-state index contributed by atoms with van der Waals surface area (Å²) >= 11 is 0. The molecule has 0 fully saturated rings. The topological polar surface area (TPSA) is 59.9 Å². The number of ether oxygens (including phenoxy) is 1. The summed E-state index contributed by atoms with van der Waals surface area (Å²) in [6, 6.07) is 11.7. The van der Waals surface area contributed by atoms with Crippen LogP contribution in [0, 0.1) is 13.8 Å². The van der Waals surface area contributed by atoms with Crippen LogP contribution in [0.3, 0.4) is 0 Å². The number of hydrogen-bond acceptors (Lipinski definition) is 5. The van der Waals surface area contributed by atoms with Gasteiger partial charge in [-0.3, -0.25) is 0 Å². The molecule has 5 nitrogen and oxygen atoms in total. The molecule has 1 N–H and O–H groups in total. The van der Waals surface area contributed by atoms with Crippen LogP contribution in [0.25, 0.3) is 0 Å². The smallest absolute Gasteiger partial charge is 0.224 e. The van der Waals surface area contributed by atoms with E-state index in [1.807, 2.05) is 44.2 Å². The van der Waals surface area contributed by atoms with Crippen molar-refractivity contribution in [3.63, 3.8) is 0 Å². The maximum Gasteiger partial charge on any atom is 0.224 e. The molecule has 116 valence electrons. The Hall–Kier alpha value is -2.95. The summed E-state index contributed by atoms with van der Waals surface area (Å²) in [5.41, 5.74) is 3.12. The number of rotatable bonds is 5. The molecule has 3 aromatic rings. The van der Waals surface area contributed by atoms with Gasteiger partial charge in [-0.25, -0.2) is 15.0 Å². The number of hydrogen-bond donors (Lipinski definition) is 1. The fourth-order valence-electron chi connectivity index (χ4n) is 2.27. The SMILES string of the molecule is Cc1cccc(C)c1Oc1ncccc1CNc1ncccn1. The summed E-state index contributed by atoms with van der Waals surface area (Å²) in [5.74, 6) is 2.02. The molecule has 3 rings (SSSR count). The van der Waals surface area contributed by atoms with E-state index in [1.54, 1.807) is 24.7 Å². The van der Waals surface area contributed by atoms with Gasteiger partial charge in [-0.05, 0) is 37.1 Å². The standard InChI is InChI=1S/C18H18N4O/c1-13-6-3-7-14(2)16(13)23-17-15(8-4-9-19-17)12-22-18-20-10-5-11-21-18/h3-11H,12H2,1-2H3,(H,20,21,22). The largest absolute Gasteiger partial charge is 0.438 e. The molecule has 0 aliphatic heterocycles. The Balaban J connectivity index is 1.81. The van der Waals surface area contributed by atoms with Crippen molar-refractivity contribution in [2.75, 3.05) is 5.32 Å². The van der Waals surface area contributed by atoms with Crippen LogP contribution in [0.5, 0.6) is 11.6 Å². The molecule has 0 aliphatic carbocycles. The Bertz CT molecular complexity index is 770. The van der Waals surface area contributed by atoms with Crippen molar-refractivity contribution in [2.45, 2.75) is 20.4 Å². The molecule has 0 bridgehead atoms. The Morgan fingerprint density at radius 2 is 1.57 bits per heavy atom. The molecule has 0 radical (unpaired) electrons. The van der Waals surface area contributed by atoms with E-state index in [2.05, 4.69) is 20.3 Å². The van der Waals surface area contributed by atoms with Gasteiger partial charge < -0.3 is 10.1 Å². The first-order valence-electron chi connectivity index (χ1n) is 7.43. The van der Waals surface area contributed by atoms with Gasteiger partial charge in [-0.15, -0.1) is 0 Å². The number of anilines is 1. The first kappa shape index (κ1) is 15.0. The van der Waals surface area contributed by atoms with Crippen LogP contribution in [-0.4, -0.2) is 15.0 Å². The molecule has 0 atom stereocenters. The average Bonchev–Trinajstić information content (AvgIpc) is 2.58. The van der Waals surface area contributed by atoms with Crippen LogP contribution in [0.15, 0.2) is 55.0 Å². The predicted octanol–water partition coefficient (Wildman–Crippen LogP) is 3.89. The monoisotopic (exact) mass is 306 g/mol. The second-order valence-corrected chi connectivity index (χ2v) is 5.22. The van der Waals surface area contributed by atoms with Crippen molar-refractivity contribution in [3.05, 3.63) is 71.7 Å². The van der Waals surface area contributed by atoms with Crippen LogP contribution in [-0.2, 0) is 6.54 Å². The molecule has 2 heterocycles. The number of pyridine rings is 1. The van der Waals surface area contributed by atoms with E-state index in [1.165, 1.54) is 0 Å². The van der Waals surface area contributed by atoms with Gasteiger partial charge in [0, 0.05) is 30.7 Å². The molecule has 1 aromatic carbocycles. The maximum atomic E-state index is 6.07. The van der Waals surface area contributed by atoms with Crippen LogP contribution in [0.4, 0.5) is 5.95 Å². The lowest BCUT2D eigenvalue weighted by molar-refractivity contribution is 0.450. The lowest BCUT2D eigenvalue weighted by atomic mass is 10.1. The predicted molar refractivity (Wildman–Crippen MR) is 89.6 cm³/mol. The molecule has 0 saturated carbocycles. The van der Waals surface area contributed by atoms with Gasteiger partial charge in [0.25, 0.3) is 0 Å². The number of benzene rings is 1. The summed E-state index contributed by atoms with van der Waals surface area (Å²) in [7, 11) is 0. The Labute approximate surface area is 135 Å². The Kier molecular flexibility index (Phi) is 4.47. The van der Waals surface area contributed by atoms with Gasteiger partial charge in [-0.1, -0.05) is 24.3 Å². The summed E-state index contributed by atoms with van der Waals surface area (Å²) in [6.45, 7) is 4.60. The zero-order chi connectivity index (χ0) is 16.1. The Morgan fingerprint density at radius 3 is 2.30 bits per heavy atom. The summed E-state index contributed by atoms with van der Waals surface area (Å²) < 4.78 is 6.07. The molecule has 2 aromatic heterocycles. The highest BCUT2D eigenvalue weighted by Crippen LogP contribution is 2.29. The maximum absolute atomic E-state index is 6.07. The first-order valence-corrected chi connectivity index (χ1v) is 7.43. The summed E-state index contributed by atoms with van der Waals surface area (Å²) in [4.78, 5) is 12.7. The number of para-hydroxylation sites is 1. The second-order valence-electron chi connectivity index (χ2n) is 5.22. The summed E-state index contributed by atoms with van der Waals surface area (Å²) in [5, 5.41) is 3.17. The highest BCUT2D eigenvalue weighted by molar-refractivity contribution is 5.43. The highest BCUT2D eigenvalue weighted by Gasteiger charge is 2.10. The minimum atomic E-state index is 0.540. The Morgan fingerprint density at radius 1 is 0.870 bits per heavy atom. The number of nitrogens with one attached hydrogen (secondary N) is 1. The van der Waals surface area contributed by atoms with Crippen LogP contribution in [0.1, 0.15) is 16.7 Å². The van der Waals surface area contributed by atoms with E-state index in [0.29, 0.717) is 18.4 Å². The van der Waals surface area contributed by atoms with Gasteiger partial charge in [0.2, 0.25) is 11.8 Å². The van der Waals surface area contributed by atoms with E-state index >= 15 is 0 Å². The van der Waals surface area contributed by atoms with E-state index in [0.717, 1.165) is 22.4 Å². The lowest BCUT2D eigenvalue weighted by Gasteiger charge is -2.14. The van der Waals surface area contributed by atoms with E-state index in [-0.39, 0.29) is 0 Å². The normalized spacial score (nSPS) is 10.3. The van der Waals surface area contributed by atoms with Gasteiger partial charge in [-0.2, -0.15) is 0 Å².